The maximum absolute atomic E-state index is 11.5. The van der Waals surface area contributed by atoms with Crippen molar-refractivity contribution in [2.45, 2.75) is 46.0 Å². The molecule has 0 saturated carbocycles. The van der Waals surface area contributed by atoms with Crippen LogP contribution >= 0.6 is 0 Å². The van der Waals surface area contributed by atoms with E-state index in [0.717, 1.165) is 5.56 Å². The Bertz CT molecular complexity index is 646. The SMILES string of the molecule is CC(C)c1onc(-c2ccc(C(C)(C)C)cc2)c1C(=O)O. The molecule has 21 heavy (non-hydrogen) atoms. The first-order valence-electron chi connectivity index (χ1n) is 7.05. The molecule has 0 amide bonds. The summed E-state index contributed by atoms with van der Waals surface area (Å²) in [6, 6.07) is 7.80. The predicted molar refractivity (Wildman–Crippen MR) is 81.7 cm³/mol. The summed E-state index contributed by atoms with van der Waals surface area (Å²) >= 11 is 0. The van der Waals surface area contributed by atoms with Crippen molar-refractivity contribution in [3.63, 3.8) is 0 Å². The van der Waals surface area contributed by atoms with Gasteiger partial charge in [-0.1, -0.05) is 64.0 Å². The summed E-state index contributed by atoms with van der Waals surface area (Å²) in [6.07, 6.45) is 0. The van der Waals surface area contributed by atoms with Crippen molar-refractivity contribution < 1.29 is 14.4 Å². The highest BCUT2D eigenvalue weighted by atomic mass is 16.5. The zero-order chi connectivity index (χ0) is 15.8. The predicted octanol–water partition coefficient (Wildman–Crippen LogP) is 4.46. The Labute approximate surface area is 124 Å². The van der Waals surface area contributed by atoms with Gasteiger partial charge >= 0.3 is 5.97 Å². The van der Waals surface area contributed by atoms with Gasteiger partial charge in [-0.25, -0.2) is 4.79 Å². The molecule has 4 nitrogen and oxygen atoms in total. The molecular weight excluding hydrogens is 266 g/mol. The molecule has 0 aliphatic carbocycles. The van der Waals surface area contributed by atoms with E-state index in [-0.39, 0.29) is 16.9 Å². The monoisotopic (exact) mass is 287 g/mol. The molecule has 0 bridgehead atoms. The van der Waals surface area contributed by atoms with Crippen LogP contribution in [0.25, 0.3) is 11.3 Å². The Morgan fingerprint density at radius 1 is 1.19 bits per heavy atom. The minimum Gasteiger partial charge on any atom is -0.477 e. The number of carbonyl (C=O) groups is 1. The lowest BCUT2D eigenvalue weighted by Crippen LogP contribution is -2.10. The minimum atomic E-state index is -1.00. The van der Waals surface area contributed by atoms with Crippen LogP contribution < -0.4 is 0 Å². The number of benzene rings is 1. The van der Waals surface area contributed by atoms with E-state index in [9.17, 15) is 9.90 Å². The molecule has 0 atom stereocenters. The third-order valence-electron chi connectivity index (χ3n) is 3.48. The highest BCUT2D eigenvalue weighted by molar-refractivity contribution is 5.96. The van der Waals surface area contributed by atoms with Gasteiger partial charge in [0, 0.05) is 11.5 Å². The van der Waals surface area contributed by atoms with Gasteiger partial charge < -0.3 is 9.63 Å². The average molecular weight is 287 g/mol. The molecule has 0 unspecified atom stereocenters. The fourth-order valence-electron chi connectivity index (χ4n) is 2.23. The van der Waals surface area contributed by atoms with Gasteiger partial charge in [0.1, 0.15) is 11.3 Å². The van der Waals surface area contributed by atoms with Gasteiger partial charge in [-0.15, -0.1) is 0 Å². The van der Waals surface area contributed by atoms with Crippen molar-refractivity contribution in [3.05, 3.63) is 41.2 Å². The van der Waals surface area contributed by atoms with E-state index in [1.54, 1.807) is 0 Å². The van der Waals surface area contributed by atoms with Gasteiger partial charge in [0.2, 0.25) is 0 Å². The Morgan fingerprint density at radius 2 is 1.76 bits per heavy atom. The van der Waals surface area contributed by atoms with Gasteiger partial charge in [-0.05, 0) is 11.0 Å². The van der Waals surface area contributed by atoms with E-state index >= 15 is 0 Å². The summed E-state index contributed by atoms with van der Waals surface area (Å²) in [4.78, 5) is 11.5. The molecule has 2 rings (SSSR count). The van der Waals surface area contributed by atoms with Crippen molar-refractivity contribution >= 4 is 5.97 Å². The van der Waals surface area contributed by atoms with Crippen LogP contribution in [0.15, 0.2) is 28.8 Å². The highest BCUT2D eigenvalue weighted by Gasteiger charge is 2.25. The summed E-state index contributed by atoms with van der Waals surface area (Å²) < 4.78 is 5.24. The second-order valence-corrected chi connectivity index (χ2v) is 6.56. The van der Waals surface area contributed by atoms with Crippen molar-refractivity contribution in [3.8, 4) is 11.3 Å². The van der Waals surface area contributed by atoms with Gasteiger partial charge in [0.05, 0.1) is 0 Å². The molecule has 0 spiro atoms. The molecule has 0 fully saturated rings. The summed E-state index contributed by atoms with van der Waals surface area (Å²) in [5.74, 6) is -0.613. The molecule has 1 aromatic heterocycles. The van der Waals surface area contributed by atoms with E-state index in [1.807, 2.05) is 38.1 Å². The fraction of sp³-hybridized carbons (Fsp3) is 0.412. The summed E-state index contributed by atoms with van der Waals surface area (Å²) in [5, 5.41) is 13.4. The lowest BCUT2D eigenvalue weighted by atomic mass is 9.86. The molecule has 2 aromatic rings. The van der Waals surface area contributed by atoms with Gasteiger partial charge in [0.15, 0.2) is 5.76 Å². The third kappa shape index (κ3) is 2.99. The number of carboxylic acid groups (broad SMARTS) is 1. The zero-order valence-corrected chi connectivity index (χ0v) is 13.1. The lowest BCUT2D eigenvalue weighted by Gasteiger charge is -2.18. The van der Waals surface area contributed by atoms with Crippen LogP contribution in [0.2, 0.25) is 0 Å². The number of aromatic carboxylic acids is 1. The standard InChI is InChI=1S/C17H21NO3/c1-10(2)15-13(16(19)20)14(18-21-15)11-6-8-12(9-7-11)17(3,4)5/h6-10H,1-5H3,(H,19,20). The molecule has 4 heteroatoms. The molecule has 1 aromatic carbocycles. The van der Waals surface area contributed by atoms with E-state index in [0.29, 0.717) is 11.5 Å². The van der Waals surface area contributed by atoms with E-state index in [2.05, 4.69) is 25.9 Å². The van der Waals surface area contributed by atoms with Crippen LogP contribution in [0.4, 0.5) is 0 Å². The molecule has 112 valence electrons. The molecule has 1 heterocycles. The van der Waals surface area contributed by atoms with Crippen LogP contribution in [-0.4, -0.2) is 16.2 Å². The molecule has 1 N–H and O–H groups in total. The third-order valence-corrected chi connectivity index (χ3v) is 3.48. The summed E-state index contributed by atoms with van der Waals surface area (Å²) in [6.45, 7) is 10.2. The zero-order valence-electron chi connectivity index (χ0n) is 13.1. The van der Waals surface area contributed by atoms with Gasteiger partial charge in [-0.2, -0.15) is 0 Å². The van der Waals surface area contributed by atoms with Gasteiger partial charge in [0.25, 0.3) is 0 Å². The number of carboxylic acids is 1. The van der Waals surface area contributed by atoms with Gasteiger partial charge in [-0.3, -0.25) is 0 Å². The second-order valence-electron chi connectivity index (χ2n) is 6.56. The number of aromatic nitrogens is 1. The maximum Gasteiger partial charge on any atom is 0.341 e. The van der Waals surface area contributed by atoms with Crippen molar-refractivity contribution in [1.82, 2.24) is 5.16 Å². The number of rotatable bonds is 3. The largest absolute Gasteiger partial charge is 0.477 e. The minimum absolute atomic E-state index is 0.0220. The first-order chi connectivity index (χ1) is 9.71. The normalized spacial score (nSPS) is 11.9. The first kappa shape index (κ1) is 15.3. The van der Waals surface area contributed by atoms with Crippen LogP contribution in [0.5, 0.6) is 0 Å². The van der Waals surface area contributed by atoms with Crippen LogP contribution in [0.1, 0.15) is 62.2 Å². The lowest BCUT2D eigenvalue weighted by molar-refractivity contribution is 0.0694. The smallest absolute Gasteiger partial charge is 0.341 e. The Hall–Kier alpha value is -2.10. The molecule has 0 aliphatic rings. The van der Waals surface area contributed by atoms with E-state index in [1.165, 1.54) is 5.56 Å². The molecule has 0 aliphatic heterocycles. The van der Waals surface area contributed by atoms with Crippen LogP contribution in [0.3, 0.4) is 0 Å². The van der Waals surface area contributed by atoms with Crippen LogP contribution in [0, 0.1) is 0 Å². The molecule has 0 radical (unpaired) electrons. The molecule has 0 saturated heterocycles. The summed E-state index contributed by atoms with van der Waals surface area (Å²) in [5.41, 5.74) is 2.56. The van der Waals surface area contributed by atoms with Crippen molar-refractivity contribution in [1.29, 1.82) is 0 Å². The second kappa shape index (κ2) is 5.35. The maximum atomic E-state index is 11.5. The van der Waals surface area contributed by atoms with E-state index < -0.39 is 5.97 Å². The van der Waals surface area contributed by atoms with Crippen LogP contribution in [-0.2, 0) is 5.41 Å². The van der Waals surface area contributed by atoms with Crippen molar-refractivity contribution in [2.75, 3.05) is 0 Å². The quantitative estimate of drug-likeness (QED) is 0.905. The van der Waals surface area contributed by atoms with Crippen molar-refractivity contribution in [2.24, 2.45) is 0 Å². The Morgan fingerprint density at radius 3 is 2.19 bits per heavy atom. The highest BCUT2D eigenvalue weighted by Crippen LogP contribution is 2.31. The fourth-order valence-corrected chi connectivity index (χ4v) is 2.23. The summed E-state index contributed by atoms with van der Waals surface area (Å²) in [7, 11) is 0. The topological polar surface area (TPSA) is 63.3 Å². The average Bonchev–Trinajstić information content (AvgIpc) is 2.82. The first-order valence-corrected chi connectivity index (χ1v) is 7.05. The molecular formula is C17H21NO3. The van der Waals surface area contributed by atoms with E-state index in [4.69, 9.17) is 4.52 Å². The number of hydrogen-bond acceptors (Lipinski definition) is 3. The Kier molecular flexibility index (Phi) is 3.90. The number of hydrogen-bond donors (Lipinski definition) is 1. The number of nitrogens with zero attached hydrogens (tertiary/aromatic N) is 1. The Balaban J connectivity index is 2.50.